The van der Waals surface area contributed by atoms with E-state index in [0.717, 1.165) is 194 Å². The number of hydrogen-bond acceptors (Lipinski definition) is 7. The van der Waals surface area contributed by atoms with Gasteiger partial charge in [0.25, 0.3) is 0 Å². The van der Waals surface area contributed by atoms with Crippen LogP contribution >= 0.6 is 0 Å². The van der Waals surface area contributed by atoms with E-state index in [4.69, 9.17) is 12.0 Å². The summed E-state index contributed by atoms with van der Waals surface area (Å²) in [5.41, 5.74) is 25.7. The van der Waals surface area contributed by atoms with Crippen molar-refractivity contribution in [3.63, 3.8) is 0 Å². The van der Waals surface area contributed by atoms with Crippen LogP contribution in [0, 0.1) is 69.4 Å². The molecular weight excluding hydrogens is 1970 g/mol. The van der Waals surface area contributed by atoms with Crippen LogP contribution < -0.4 is 0 Å². The van der Waals surface area contributed by atoms with Crippen LogP contribution in [-0.2, 0) is 91.7 Å². The van der Waals surface area contributed by atoms with Crippen LogP contribution in [0.25, 0.3) is 110 Å². The van der Waals surface area contributed by atoms with Gasteiger partial charge in [-0.2, -0.15) is 148 Å². The van der Waals surface area contributed by atoms with Crippen LogP contribution in [-0.4, -0.2) is 58.0 Å². The van der Waals surface area contributed by atoms with E-state index >= 15 is 0 Å². The molecule has 0 atom stereocenters. The van der Waals surface area contributed by atoms with Gasteiger partial charge in [-0.25, -0.2) is 0 Å². The van der Waals surface area contributed by atoms with Crippen molar-refractivity contribution >= 4 is 87.2 Å². The largest absolute Gasteiger partial charge is 4.00 e. The van der Waals surface area contributed by atoms with Gasteiger partial charge in [-0.1, -0.05) is 212 Å². The minimum atomic E-state index is 0. The molecule has 0 unspecified atom stereocenters. The molecule has 6 aromatic heterocycles. The van der Waals surface area contributed by atoms with E-state index in [1.54, 1.807) is 12.4 Å². The number of benzene rings is 18. The number of fused-ring (bicyclic) bond motifs is 12. The van der Waals surface area contributed by atoms with Gasteiger partial charge < -0.3 is 43.2 Å². The normalized spacial score (nSPS) is 10.8. The van der Waals surface area contributed by atoms with Gasteiger partial charge in [0.2, 0.25) is 0 Å². The van der Waals surface area contributed by atoms with Gasteiger partial charge >= 0.3 is 52.4 Å². The topological polar surface area (TPSA) is 130 Å². The number of aromatic hydroxyl groups is 4. The first kappa shape index (κ1) is 106. The molecule has 24 aromatic rings. The minimum absolute atomic E-state index is 0. The third kappa shape index (κ3) is 25.7. The third-order valence-electron chi connectivity index (χ3n) is 25.5. The Morgan fingerprint density at radius 1 is 0.230 bits per heavy atom. The summed E-state index contributed by atoms with van der Waals surface area (Å²) in [7, 11) is 4.84. The second-order valence-corrected chi connectivity index (χ2v) is 36.7. The average Bonchev–Trinajstić information content (AvgIpc) is 1.60. The molecule has 0 aliphatic rings. The van der Waals surface area contributed by atoms with Gasteiger partial charge in [-0.3, -0.25) is 14.9 Å². The van der Waals surface area contributed by atoms with Gasteiger partial charge in [0.1, 0.15) is 23.0 Å². The Bertz CT molecular complexity index is 7800. The van der Waals surface area contributed by atoms with Crippen LogP contribution in [0.2, 0.25) is 0 Å². The smallest absolute Gasteiger partial charge is 0.505 e. The van der Waals surface area contributed by atoms with Gasteiger partial charge in [-0.05, 0) is 147 Å². The number of pyridine rings is 2. The zero-order chi connectivity index (χ0) is 101. The minimum Gasteiger partial charge on any atom is -0.505 e. The van der Waals surface area contributed by atoms with Crippen LogP contribution in [0.1, 0.15) is 83.7 Å². The fraction of sp³-hybridized carbons (Fsp3) is 0.0672. The predicted molar refractivity (Wildman–Crippen MR) is 608 cm³/mol. The number of rotatable bonds is 16. The van der Waals surface area contributed by atoms with Crippen molar-refractivity contribution in [2.24, 2.45) is 0 Å². The zero-order valence-electron chi connectivity index (χ0n) is 83.7. The quantitative estimate of drug-likeness (QED) is 0.0560. The number of aromatic nitrogens is 6. The van der Waals surface area contributed by atoms with E-state index in [9.17, 15) is 20.4 Å². The Morgan fingerprint density at radius 3 is 0.709 bits per heavy atom. The second kappa shape index (κ2) is 50.4. The van der Waals surface area contributed by atoms with E-state index in [-0.39, 0.29) is 79.9 Å². The van der Waals surface area contributed by atoms with Crippen LogP contribution in [0.5, 0.6) is 23.0 Å². The van der Waals surface area contributed by atoms with E-state index in [0.29, 0.717) is 39.3 Å². The van der Waals surface area contributed by atoms with Crippen molar-refractivity contribution in [1.29, 1.82) is 0 Å². The summed E-state index contributed by atoms with van der Waals surface area (Å²) in [6, 6.07) is 156. The molecule has 4 N–H and O–H groups in total. The summed E-state index contributed by atoms with van der Waals surface area (Å²) in [6.45, 7) is 31.2. The maximum absolute atomic E-state index is 12.2. The molecule has 12 nitrogen and oxygen atoms in total. The van der Waals surface area contributed by atoms with Gasteiger partial charge in [0.05, 0.1) is 97.9 Å². The van der Waals surface area contributed by atoms with Crippen molar-refractivity contribution in [3.05, 3.63) is 612 Å². The summed E-state index contributed by atoms with van der Waals surface area (Å²) in [6.07, 6.45) is 3.60. The summed E-state index contributed by atoms with van der Waals surface area (Å²) < 4.78 is 8.86. The Morgan fingerprint density at radius 2 is 0.453 bits per heavy atom. The number of nitrogens with zero attached hydrogens (tertiary/aromatic N) is 8. The monoisotopic (exact) mass is 2080 g/mol. The Balaban J connectivity index is 0.000000157. The molecule has 18 aromatic carbocycles. The first-order valence-electron chi connectivity index (χ1n) is 48.9. The van der Waals surface area contributed by atoms with Crippen LogP contribution in [0.4, 0.5) is 0 Å². The molecule has 0 spiro atoms. The molecule has 148 heavy (non-hydrogen) atoms. The SMILES string of the molecule is Cc1cc(CN(Cc2ccccn2)Cc2cccc(-n3c4ccccc4c4ccccc43)c2O)c(O)c(-n2c3ccccc3c3ccccc32)c1.[CH2-][N+](Cc1ccccn1)(Cc1cc(C)cc(-n2c3ccccc3c3ccccc32)c1O)Cc1cc(C)cc(-n2c3ccccc3c3ccccc32)c1O.[CH2-]c1ccccc1.[CH2-]c1ccccc1.[CH2-]c1ccccc1.[CH2-]c1ccccc1.[CH2-]c1ccccc1.[CH2-]c1ccccc1.[Zr+3].[Zr+4]. The molecule has 0 aliphatic carbocycles. The number of quaternary nitrogens is 1. The van der Waals surface area contributed by atoms with Crippen molar-refractivity contribution < 1.29 is 77.3 Å². The van der Waals surface area contributed by atoms with E-state index in [1.165, 1.54) is 0 Å². The summed E-state index contributed by atoms with van der Waals surface area (Å²) in [5.74, 6) is 0.901. The number of aryl methyl sites for hydroxylation is 3. The molecule has 0 amide bonds. The number of para-hydroxylation sites is 9. The fourth-order valence-electron chi connectivity index (χ4n) is 19.0. The Kier molecular flexibility index (Phi) is 36.0. The summed E-state index contributed by atoms with van der Waals surface area (Å²) in [4.78, 5) is 11.6. The molecule has 6 heterocycles. The molecule has 0 saturated carbocycles. The molecule has 725 valence electrons. The molecular formula is C134H118N8O4Zr2+. The standard InChI is InChI=1S/C47H40N4O2.C45H36N4O2.6C7H7.2Zr/c1-31-24-33(46(52)44(26-31)49-40-19-8-4-15-36(40)37-16-5-9-20-41(37)49)28-51(3,30-35-14-12-13-23-48-35)29-34-25-32(2)27-45(47(34)53)50-42-21-10-6-17-38(42)39-18-7-11-22-43(39)50;1-30-25-32(45(51)43(26-30)49-40-21-8-4-17-36(40)37-18-5-9-22-41(37)49)28-47(29-33-14-10-11-24-46-33)27-31-13-12-23-42(44(31)50)48-38-19-6-2-15-34(38)35-16-3-7-20-39(35)48;6*1-7-5-3-2-4-6-7;;/h4-27,52-53H,3,28-30H2,1-2H3;2-26,50-51H,27-29H2,1H3;6*2-6H,1H2;;/q;;6*-1;+3;+4. The van der Waals surface area contributed by atoms with Crippen molar-refractivity contribution in [1.82, 2.24) is 33.1 Å². The number of hydrogen-bond donors (Lipinski definition) is 4. The molecule has 0 aliphatic heterocycles. The molecule has 24 rings (SSSR count). The van der Waals surface area contributed by atoms with Crippen LogP contribution in [0.15, 0.2) is 480 Å². The molecule has 0 bridgehead atoms. The van der Waals surface area contributed by atoms with Gasteiger partial charge in [-0.15, -0.1) is 79.8 Å². The number of phenolic OH excluding ortho intramolecular Hbond substituents is 4. The first-order chi connectivity index (χ1) is 71.2. The van der Waals surface area contributed by atoms with Crippen LogP contribution in [0.3, 0.4) is 0 Å². The van der Waals surface area contributed by atoms with E-state index < -0.39 is 0 Å². The van der Waals surface area contributed by atoms with Crippen molar-refractivity contribution in [3.8, 4) is 45.7 Å². The summed E-state index contributed by atoms with van der Waals surface area (Å²) in [5, 5.41) is 57.7. The van der Waals surface area contributed by atoms with Gasteiger partial charge in [0.15, 0.2) is 0 Å². The zero-order valence-corrected chi connectivity index (χ0v) is 88.6. The first-order valence-corrected chi connectivity index (χ1v) is 48.9. The second-order valence-electron chi connectivity index (χ2n) is 36.7. The number of phenols is 4. The maximum Gasteiger partial charge on any atom is 4.00 e. The van der Waals surface area contributed by atoms with Gasteiger partial charge in [0, 0.05) is 97.4 Å². The Hall–Kier alpha value is -16.4. The predicted octanol–water partition coefficient (Wildman–Crippen LogP) is 32.2. The molecule has 0 saturated heterocycles. The third-order valence-corrected chi connectivity index (χ3v) is 25.5. The molecule has 1 radical (unpaired) electrons. The van der Waals surface area contributed by atoms with Crippen molar-refractivity contribution in [2.75, 3.05) is 0 Å². The van der Waals surface area contributed by atoms with Crippen molar-refractivity contribution in [2.45, 2.75) is 60.0 Å². The average molecular weight is 2090 g/mol. The molecule has 14 heteroatoms. The molecule has 0 fully saturated rings. The maximum atomic E-state index is 12.2. The van der Waals surface area contributed by atoms with E-state index in [2.05, 4.69) is 272 Å². The fourth-order valence-corrected chi connectivity index (χ4v) is 19.0. The van der Waals surface area contributed by atoms with E-state index in [1.807, 2.05) is 285 Å². The Labute approximate surface area is 907 Å². The summed E-state index contributed by atoms with van der Waals surface area (Å²) >= 11 is 0.